The maximum atomic E-state index is 12.0. The molecule has 110 valence electrons. The average Bonchev–Trinajstić information content (AvgIpc) is 2.53. The summed E-state index contributed by atoms with van der Waals surface area (Å²) < 4.78 is 15.5. The predicted molar refractivity (Wildman–Crippen MR) is 80.9 cm³/mol. The van der Waals surface area contributed by atoms with Gasteiger partial charge in [0, 0.05) is 10.8 Å². The average molecular weight is 353 g/mol. The summed E-state index contributed by atoms with van der Waals surface area (Å²) in [7, 11) is 4.07. The Balaban J connectivity index is 2.94. The minimum Gasteiger partial charge on any atom is -0.496 e. The highest BCUT2D eigenvalue weighted by Gasteiger charge is 2.22. The molecule has 2 aromatic carbocycles. The molecule has 0 heterocycles. The van der Waals surface area contributed by atoms with E-state index in [1.807, 2.05) is 0 Å². The van der Waals surface area contributed by atoms with E-state index in [2.05, 4.69) is 15.9 Å². The standard InChI is InChI=1S/C15H13BrO5/c1-19-11-7-10(15(18)21-3)12-8(13(11)16)5-4-6-9(12)14(17)20-2/h4-7H,1-3H3. The van der Waals surface area contributed by atoms with E-state index in [1.54, 1.807) is 18.2 Å². The first-order valence-electron chi connectivity index (χ1n) is 6.01. The van der Waals surface area contributed by atoms with Crippen LogP contribution in [-0.2, 0) is 9.47 Å². The molecule has 5 nitrogen and oxygen atoms in total. The van der Waals surface area contributed by atoms with Crippen molar-refractivity contribution in [1.82, 2.24) is 0 Å². The molecule has 0 N–H and O–H groups in total. The van der Waals surface area contributed by atoms with Crippen LogP contribution < -0.4 is 4.74 Å². The Morgan fingerprint density at radius 1 is 1.00 bits per heavy atom. The lowest BCUT2D eigenvalue weighted by Crippen LogP contribution is -2.08. The quantitative estimate of drug-likeness (QED) is 0.793. The minimum atomic E-state index is -0.554. The molecule has 0 aliphatic heterocycles. The van der Waals surface area contributed by atoms with Crippen LogP contribution >= 0.6 is 15.9 Å². The molecule has 0 saturated carbocycles. The molecule has 0 unspecified atom stereocenters. The number of carbonyl (C=O) groups is 2. The number of carbonyl (C=O) groups excluding carboxylic acids is 2. The van der Waals surface area contributed by atoms with Gasteiger partial charge in [-0.15, -0.1) is 0 Å². The zero-order chi connectivity index (χ0) is 15.6. The summed E-state index contributed by atoms with van der Waals surface area (Å²) in [4.78, 5) is 24.0. The van der Waals surface area contributed by atoms with Crippen LogP contribution in [0.4, 0.5) is 0 Å². The molecule has 0 aliphatic rings. The number of hydrogen-bond acceptors (Lipinski definition) is 5. The van der Waals surface area contributed by atoms with E-state index < -0.39 is 11.9 Å². The van der Waals surface area contributed by atoms with Gasteiger partial charge in [-0.3, -0.25) is 0 Å². The van der Waals surface area contributed by atoms with E-state index >= 15 is 0 Å². The van der Waals surface area contributed by atoms with Gasteiger partial charge in [-0.2, -0.15) is 0 Å². The largest absolute Gasteiger partial charge is 0.496 e. The smallest absolute Gasteiger partial charge is 0.338 e. The molecule has 0 fully saturated rings. The topological polar surface area (TPSA) is 61.8 Å². The fraction of sp³-hybridized carbons (Fsp3) is 0.200. The molecule has 2 aromatic rings. The van der Waals surface area contributed by atoms with Gasteiger partial charge in [-0.25, -0.2) is 9.59 Å². The second-order valence-electron chi connectivity index (χ2n) is 4.15. The molecule has 0 amide bonds. The molecular weight excluding hydrogens is 340 g/mol. The van der Waals surface area contributed by atoms with Gasteiger partial charge in [0.15, 0.2) is 0 Å². The third kappa shape index (κ3) is 2.58. The Morgan fingerprint density at radius 2 is 1.62 bits per heavy atom. The van der Waals surface area contributed by atoms with Gasteiger partial charge < -0.3 is 14.2 Å². The van der Waals surface area contributed by atoms with E-state index in [0.717, 1.165) is 0 Å². The van der Waals surface area contributed by atoms with E-state index in [-0.39, 0.29) is 5.56 Å². The minimum absolute atomic E-state index is 0.244. The first-order valence-corrected chi connectivity index (χ1v) is 6.80. The maximum Gasteiger partial charge on any atom is 0.338 e. The van der Waals surface area contributed by atoms with Crippen molar-refractivity contribution in [1.29, 1.82) is 0 Å². The summed E-state index contributed by atoms with van der Waals surface area (Å²) in [5.74, 6) is -0.602. The van der Waals surface area contributed by atoms with Gasteiger partial charge in [-0.1, -0.05) is 12.1 Å². The Labute approximate surface area is 129 Å². The number of ether oxygens (including phenoxy) is 3. The van der Waals surface area contributed by atoms with E-state index in [1.165, 1.54) is 27.4 Å². The van der Waals surface area contributed by atoms with Crippen LogP contribution in [0.2, 0.25) is 0 Å². The van der Waals surface area contributed by atoms with Crippen LogP contribution in [0, 0.1) is 0 Å². The van der Waals surface area contributed by atoms with Crippen LogP contribution in [-0.4, -0.2) is 33.3 Å². The summed E-state index contributed by atoms with van der Waals surface area (Å²) in [6.07, 6.45) is 0. The third-order valence-electron chi connectivity index (χ3n) is 3.09. The van der Waals surface area contributed by atoms with Crippen molar-refractivity contribution in [2.75, 3.05) is 21.3 Å². The number of hydrogen-bond donors (Lipinski definition) is 0. The fourth-order valence-corrected chi connectivity index (χ4v) is 2.73. The second-order valence-corrected chi connectivity index (χ2v) is 4.94. The Hall–Kier alpha value is -2.08. The SMILES string of the molecule is COC(=O)c1cccc2c(Br)c(OC)cc(C(=O)OC)c12. The molecule has 0 spiro atoms. The molecule has 0 aliphatic carbocycles. The lowest BCUT2D eigenvalue weighted by molar-refractivity contribution is 0.0601. The third-order valence-corrected chi connectivity index (χ3v) is 3.91. The van der Waals surface area contributed by atoms with Crippen molar-refractivity contribution in [2.24, 2.45) is 0 Å². The lowest BCUT2D eigenvalue weighted by atomic mass is 9.98. The van der Waals surface area contributed by atoms with Crippen molar-refractivity contribution in [2.45, 2.75) is 0 Å². The van der Waals surface area contributed by atoms with Crippen molar-refractivity contribution >= 4 is 38.6 Å². The number of methoxy groups -OCH3 is 3. The first-order chi connectivity index (χ1) is 10.0. The summed E-state index contributed by atoms with van der Waals surface area (Å²) in [6, 6.07) is 6.62. The van der Waals surface area contributed by atoms with Crippen molar-refractivity contribution in [3.05, 3.63) is 39.9 Å². The lowest BCUT2D eigenvalue weighted by Gasteiger charge is -2.13. The summed E-state index contributed by atoms with van der Waals surface area (Å²) in [6.45, 7) is 0. The van der Waals surface area contributed by atoms with Crippen LogP contribution in [0.1, 0.15) is 20.7 Å². The first kappa shape index (κ1) is 15.3. The molecule has 0 atom stereocenters. The highest BCUT2D eigenvalue weighted by atomic mass is 79.9. The van der Waals surface area contributed by atoms with E-state index in [0.29, 0.717) is 26.6 Å². The van der Waals surface area contributed by atoms with Crippen LogP contribution in [0.5, 0.6) is 5.75 Å². The molecule has 0 radical (unpaired) electrons. The zero-order valence-corrected chi connectivity index (χ0v) is 13.3. The normalized spacial score (nSPS) is 10.3. The van der Waals surface area contributed by atoms with Crippen molar-refractivity contribution in [3.8, 4) is 5.75 Å². The molecule has 6 heteroatoms. The molecule has 21 heavy (non-hydrogen) atoms. The van der Waals surface area contributed by atoms with Crippen molar-refractivity contribution in [3.63, 3.8) is 0 Å². The predicted octanol–water partition coefficient (Wildman–Crippen LogP) is 3.18. The molecule has 0 aromatic heterocycles. The number of benzene rings is 2. The van der Waals surface area contributed by atoms with Crippen LogP contribution in [0.3, 0.4) is 0 Å². The monoisotopic (exact) mass is 352 g/mol. The Kier molecular flexibility index (Phi) is 4.47. The molecule has 0 saturated heterocycles. The summed E-state index contributed by atoms with van der Waals surface area (Å²) in [5.41, 5.74) is 0.535. The number of halogens is 1. The zero-order valence-electron chi connectivity index (χ0n) is 11.7. The fourth-order valence-electron chi connectivity index (χ4n) is 2.12. The van der Waals surface area contributed by atoms with Gasteiger partial charge >= 0.3 is 11.9 Å². The molecular formula is C15H13BrO5. The van der Waals surface area contributed by atoms with Gasteiger partial charge in [0.1, 0.15) is 5.75 Å². The van der Waals surface area contributed by atoms with Gasteiger partial charge in [-0.05, 0) is 28.1 Å². The highest BCUT2D eigenvalue weighted by Crippen LogP contribution is 2.37. The summed E-state index contributed by atoms with van der Waals surface area (Å²) >= 11 is 3.42. The van der Waals surface area contributed by atoms with E-state index in [9.17, 15) is 9.59 Å². The number of esters is 2. The highest BCUT2D eigenvalue weighted by molar-refractivity contribution is 9.10. The van der Waals surface area contributed by atoms with Gasteiger partial charge in [0.25, 0.3) is 0 Å². The Bertz CT molecular complexity index is 724. The van der Waals surface area contributed by atoms with Crippen LogP contribution in [0.15, 0.2) is 28.7 Å². The molecule has 2 rings (SSSR count). The number of rotatable bonds is 3. The van der Waals surface area contributed by atoms with E-state index in [4.69, 9.17) is 14.2 Å². The van der Waals surface area contributed by atoms with Gasteiger partial charge in [0.2, 0.25) is 0 Å². The second kappa shape index (κ2) is 6.13. The van der Waals surface area contributed by atoms with Crippen LogP contribution in [0.25, 0.3) is 10.8 Å². The van der Waals surface area contributed by atoms with Crippen molar-refractivity contribution < 1.29 is 23.8 Å². The summed E-state index contributed by atoms with van der Waals surface area (Å²) in [5, 5.41) is 1.13. The molecule has 0 bridgehead atoms. The Morgan fingerprint density at radius 3 is 2.19 bits per heavy atom. The maximum absolute atomic E-state index is 12.0. The number of fused-ring (bicyclic) bond motifs is 1. The van der Waals surface area contributed by atoms with Gasteiger partial charge in [0.05, 0.1) is 36.9 Å².